The van der Waals surface area contributed by atoms with E-state index in [2.05, 4.69) is 25.7 Å². The van der Waals surface area contributed by atoms with E-state index >= 15 is 0 Å². The van der Waals surface area contributed by atoms with Crippen molar-refractivity contribution in [3.05, 3.63) is 34.9 Å². The molecular weight excluding hydrogens is 248 g/mol. The van der Waals surface area contributed by atoms with E-state index in [-0.39, 0.29) is 5.91 Å². The fourth-order valence-electron chi connectivity index (χ4n) is 2.56. The Hall–Kier alpha value is -1.79. The molecule has 0 aliphatic carbocycles. The number of aryl methyl sites for hydroxylation is 1. The van der Waals surface area contributed by atoms with Gasteiger partial charge < -0.3 is 10.6 Å². The van der Waals surface area contributed by atoms with E-state index in [0.717, 1.165) is 24.2 Å². The standard InChI is InChI=1S/C17H22N2O/c1-12-6-7-16(15(9-12)5-4-8-18)17(20)19-10-13(2)14(3)11-19/h6-7,9,13-14H,8,10-11,18H2,1-3H3. The SMILES string of the molecule is Cc1ccc(C(=O)N2CC(C)C(C)C2)c(C#CCN)c1. The maximum Gasteiger partial charge on any atom is 0.255 e. The topological polar surface area (TPSA) is 46.3 Å². The highest BCUT2D eigenvalue weighted by Gasteiger charge is 2.30. The molecule has 2 rings (SSSR count). The molecule has 2 atom stereocenters. The second kappa shape index (κ2) is 6.11. The maximum absolute atomic E-state index is 12.7. The predicted molar refractivity (Wildman–Crippen MR) is 81.3 cm³/mol. The van der Waals surface area contributed by atoms with Gasteiger partial charge in [-0.2, -0.15) is 0 Å². The van der Waals surface area contributed by atoms with Crippen LogP contribution < -0.4 is 5.73 Å². The molecule has 1 aromatic rings. The quantitative estimate of drug-likeness (QED) is 0.794. The van der Waals surface area contributed by atoms with Crippen LogP contribution >= 0.6 is 0 Å². The summed E-state index contributed by atoms with van der Waals surface area (Å²) >= 11 is 0. The monoisotopic (exact) mass is 270 g/mol. The first-order chi connectivity index (χ1) is 9.52. The normalized spacial score (nSPS) is 21.5. The van der Waals surface area contributed by atoms with Crippen LogP contribution in [0.4, 0.5) is 0 Å². The molecule has 0 saturated carbocycles. The molecule has 0 radical (unpaired) electrons. The summed E-state index contributed by atoms with van der Waals surface area (Å²) in [5, 5.41) is 0. The Kier molecular flexibility index (Phi) is 4.46. The lowest BCUT2D eigenvalue weighted by molar-refractivity contribution is 0.0784. The Balaban J connectivity index is 2.30. The zero-order valence-electron chi connectivity index (χ0n) is 12.4. The van der Waals surface area contributed by atoms with Gasteiger partial charge in [0.05, 0.1) is 12.1 Å². The van der Waals surface area contributed by atoms with Gasteiger partial charge in [0.15, 0.2) is 0 Å². The maximum atomic E-state index is 12.7. The molecule has 0 bridgehead atoms. The average Bonchev–Trinajstić information content (AvgIpc) is 2.76. The number of carbonyl (C=O) groups excluding carboxylic acids is 1. The predicted octanol–water partition coefficient (Wildman–Crippen LogP) is 2.03. The van der Waals surface area contributed by atoms with Crippen molar-refractivity contribution in [1.82, 2.24) is 4.90 Å². The number of likely N-dealkylation sites (tertiary alicyclic amines) is 1. The van der Waals surface area contributed by atoms with Crippen LogP contribution in [-0.2, 0) is 0 Å². The summed E-state index contributed by atoms with van der Waals surface area (Å²) in [4.78, 5) is 14.6. The zero-order valence-corrected chi connectivity index (χ0v) is 12.4. The summed E-state index contributed by atoms with van der Waals surface area (Å²) in [6.45, 7) is 8.36. The Labute approximate surface area is 121 Å². The van der Waals surface area contributed by atoms with Gasteiger partial charge in [-0.05, 0) is 36.5 Å². The molecule has 3 heteroatoms. The van der Waals surface area contributed by atoms with Crippen LogP contribution in [0.25, 0.3) is 0 Å². The summed E-state index contributed by atoms with van der Waals surface area (Å²) in [5.41, 5.74) is 8.01. The minimum atomic E-state index is 0.0857. The fourth-order valence-corrected chi connectivity index (χ4v) is 2.56. The molecule has 2 N–H and O–H groups in total. The fraction of sp³-hybridized carbons (Fsp3) is 0.471. The molecule has 1 saturated heterocycles. The van der Waals surface area contributed by atoms with Crippen molar-refractivity contribution in [2.75, 3.05) is 19.6 Å². The van der Waals surface area contributed by atoms with Gasteiger partial charge in [-0.25, -0.2) is 0 Å². The molecule has 2 unspecified atom stereocenters. The highest BCUT2D eigenvalue weighted by molar-refractivity contribution is 5.97. The van der Waals surface area contributed by atoms with Crippen LogP contribution in [0.3, 0.4) is 0 Å². The number of nitrogens with two attached hydrogens (primary N) is 1. The van der Waals surface area contributed by atoms with Crippen LogP contribution in [0.2, 0.25) is 0 Å². The van der Waals surface area contributed by atoms with Crippen LogP contribution in [0.1, 0.15) is 35.3 Å². The minimum absolute atomic E-state index is 0.0857. The van der Waals surface area contributed by atoms with E-state index in [0.29, 0.717) is 23.9 Å². The molecule has 0 spiro atoms. The van der Waals surface area contributed by atoms with Gasteiger partial charge in [0.1, 0.15) is 0 Å². The first-order valence-corrected chi connectivity index (χ1v) is 7.11. The summed E-state index contributed by atoms with van der Waals surface area (Å²) < 4.78 is 0. The lowest BCUT2D eigenvalue weighted by atomic mass is 10.0. The number of hydrogen-bond donors (Lipinski definition) is 1. The highest BCUT2D eigenvalue weighted by Crippen LogP contribution is 2.24. The Morgan fingerprint density at radius 2 is 2.00 bits per heavy atom. The number of hydrogen-bond acceptors (Lipinski definition) is 2. The summed E-state index contributed by atoms with van der Waals surface area (Å²) in [6.07, 6.45) is 0. The average molecular weight is 270 g/mol. The molecule has 1 amide bonds. The van der Waals surface area contributed by atoms with E-state index < -0.39 is 0 Å². The Morgan fingerprint density at radius 3 is 2.60 bits per heavy atom. The molecule has 20 heavy (non-hydrogen) atoms. The molecular formula is C17H22N2O. The molecule has 1 fully saturated rings. The second-order valence-electron chi connectivity index (χ2n) is 5.72. The van der Waals surface area contributed by atoms with Crippen LogP contribution in [0, 0.1) is 30.6 Å². The Morgan fingerprint density at radius 1 is 1.35 bits per heavy atom. The molecule has 1 aliphatic heterocycles. The lowest BCUT2D eigenvalue weighted by Gasteiger charge is -2.17. The van der Waals surface area contributed by atoms with Crippen molar-refractivity contribution in [3.63, 3.8) is 0 Å². The second-order valence-corrected chi connectivity index (χ2v) is 5.72. The van der Waals surface area contributed by atoms with Gasteiger partial charge in [0.2, 0.25) is 0 Å². The van der Waals surface area contributed by atoms with Crippen molar-refractivity contribution < 1.29 is 4.79 Å². The van der Waals surface area contributed by atoms with Crippen LogP contribution in [0.15, 0.2) is 18.2 Å². The molecule has 3 nitrogen and oxygen atoms in total. The molecule has 1 aromatic carbocycles. The Bertz CT molecular complexity index is 558. The van der Waals surface area contributed by atoms with E-state index in [9.17, 15) is 4.79 Å². The van der Waals surface area contributed by atoms with Gasteiger partial charge >= 0.3 is 0 Å². The van der Waals surface area contributed by atoms with Gasteiger partial charge in [0, 0.05) is 18.7 Å². The largest absolute Gasteiger partial charge is 0.338 e. The third-order valence-corrected chi connectivity index (χ3v) is 4.01. The minimum Gasteiger partial charge on any atom is -0.338 e. The van der Waals surface area contributed by atoms with Gasteiger partial charge in [-0.15, -0.1) is 0 Å². The molecule has 0 aromatic heterocycles. The summed E-state index contributed by atoms with van der Waals surface area (Å²) in [5.74, 6) is 7.06. The third kappa shape index (κ3) is 3.02. The smallest absolute Gasteiger partial charge is 0.255 e. The zero-order chi connectivity index (χ0) is 14.7. The van der Waals surface area contributed by atoms with Gasteiger partial charge in [-0.1, -0.05) is 31.8 Å². The van der Waals surface area contributed by atoms with Gasteiger partial charge in [-0.3, -0.25) is 4.79 Å². The van der Waals surface area contributed by atoms with Gasteiger partial charge in [0.25, 0.3) is 5.91 Å². The van der Waals surface area contributed by atoms with Crippen molar-refractivity contribution in [2.24, 2.45) is 17.6 Å². The van der Waals surface area contributed by atoms with Crippen molar-refractivity contribution in [2.45, 2.75) is 20.8 Å². The molecule has 106 valence electrons. The number of amides is 1. The molecule has 1 heterocycles. The van der Waals surface area contributed by atoms with E-state index in [1.54, 1.807) is 0 Å². The summed E-state index contributed by atoms with van der Waals surface area (Å²) in [6, 6.07) is 5.80. The van der Waals surface area contributed by atoms with Crippen LogP contribution in [-0.4, -0.2) is 30.4 Å². The van der Waals surface area contributed by atoms with E-state index in [1.165, 1.54) is 0 Å². The van der Waals surface area contributed by atoms with Crippen molar-refractivity contribution in [3.8, 4) is 11.8 Å². The summed E-state index contributed by atoms with van der Waals surface area (Å²) in [7, 11) is 0. The van der Waals surface area contributed by atoms with Crippen molar-refractivity contribution in [1.29, 1.82) is 0 Å². The first kappa shape index (κ1) is 14.6. The number of benzene rings is 1. The first-order valence-electron chi connectivity index (χ1n) is 7.11. The number of rotatable bonds is 1. The van der Waals surface area contributed by atoms with E-state index in [1.807, 2.05) is 30.0 Å². The number of carbonyl (C=O) groups is 1. The van der Waals surface area contributed by atoms with E-state index in [4.69, 9.17) is 5.73 Å². The van der Waals surface area contributed by atoms with Crippen molar-refractivity contribution >= 4 is 5.91 Å². The molecule has 1 aliphatic rings. The number of nitrogens with zero attached hydrogens (tertiary/aromatic N) is 1. The third-order valence-electron chi connectivity index (χ3n) is 4.01. The lowest BCUT2D eigenvalue weighted by Crippen LogP contribution is -2.29. The highest BCUT2D eigenvalue weighted by atomic mass is 16.2. The van der Waals surface area contributed by atoms with Crippen LogP contribution in [0.5, 0.6) is 0 Å².